The van der Waals surface area contributed by atoms with Gasteiger partial charge >= 0.3 is 6.18 Å². The maximum absolute atomic E-state index is 13.4. The fourth-order valence-electron chi connectivity index (χ4n) is 1.18. The van der Waals surface area contributed by atoms with Gasteiger partial charge in [0.2, 0.25) is 0 Å². The molecule has 0 aromatic heterocycles. The number of carbonyl (C=O) groups is 1. The predicted octanol–water partition coefficient (Wildman–Crippen LogP) is 3.71. The van der Waals surface area contributed by atoms with E-state index < -0.39 is 34.3 Å². The molecule has 88 valence electrons. The normalized spacial score (nSPS) is 13.6. The van der Waals surface area contributed by atoms with Crippen LogP contribution in [-0.2, 0) is 11.0 Å². The van der Waals surface area contributed by atoms with E-state index >= 15 is 0 Å². The van der Waals surface area contributed by atoms with Gasteiger partial charge in [-0.15, -0.1) is 11.6 Å². The summed E-state index contributed by atoms with van der Waals surface area (Å²) in [4.78, 5) is 10.9. The van der Waals surface area contributed by atoms with Crippen molar-refractivity contribution in [2.24, 2.45) is 0 Å². The first-order valence-electron chi connectivity index (χ1n) is 4.25. The minimum atomic E-state index is -4.80. The molecule has 0 aliphatic rings. The van der Waals surface area contributed by atoms with Crippen molar-refractivity contribution in [3.63, 3.8) is 0 Å². The van der Waals surface area contributed by atoms with E-state index in [-0.39, 0.29) is 0 Å². The van der Waals surface area contributed by atoms with Crippen molar-refractivity contribution in [1.82, 2.24) is 0 Å². The van der Waals surface area contributed by atoms with Crippen molar-refractivity contribution in [1.29, 1.82) is 0 Å². The van der Waals surface area contributed by atoms with Gasteiger partial charge < -0.3 is 0 Å². The highest BCUT2D eigenvalue weighted by Gasteiger charge is 2.35. The first kappa shape index (κ1) is 13.0. The molecule has 6 heteroatoms. The number of hydrogen-bond donors (Lipinski definition) is 0. The zero-order valence-corrected chi connectivity index (χ0v) is 8.86. The van der Waals surface area contributed by atoms with Crippen molar-refractivity contribution < 1.29 is 22.4 Å². The van der Waals surface area contributed by atoms with Crippen LogP contribution in [0.4, 0.5) is 17.6 Å². The Morgan fingerprint density at radius 3 is 2.38 bits per heavy atom. The Morgan fingerprint density at radius 2 is 1.94 bits per heavy atom. The smallest absolute Gasteiger partial charge is 0.298 e. The summed E-state index contributed by atoms with van der Waals surface area (Å²) in [6.45, 7) is 1.08. The SMILES string of the molecule is CC(=O)C(Cl)c1cccc(C(F)(F)F)c1F. The molecule has 1 rings (SSSR count). The second-order valence-corrected chi connectivity index (χ2v) is 3.62. The lowest BCUT2D eigenvalue weighted by Crippen LogP contribution is -2.12. The second kappa shape index (κ2) is 4.41. The van der Waals surface area contributed by atoms with Gasteiger partial charge in [0.05, 0.1) is 5.56 Å². The van der Waals surface area contributed by atoms with E-state index in [0.29, 0.717) is 6.07 Å². The highest BCUT2D eigenvalue weighted by molar-refractivity contribution is 6.30. The second-order valence-electron chi connectivity index (χ2n) is 3.18. The summed E-state index contributed by atoms with van der Waals surface area (Å²) in [5, 5.41) is -1.40. The molecule has 1 nitrogen and oxygen atoms in total. The van der Waals surface area contributed by atoms with Crippen LogP contribution < -0.4 is 0 Å². The van der Waals surface area contributed by atoms with Gasteiger partial charge in [-0.3, -0.25) is 4.79 Å². The molecular formula is C10H7ClF4O. The van der Waals surface area contributed by atoms with Gasteiger partial charge in [-0.2, -0.15) is 13.2 Å². The van der Waals surface area contributed by atoms with Crippen molar-refractivity contribution >= 4 is 17.4 Å². The molecule has 0 aliphatic heterocycles. The summed E-state index contributed by atoms with van der Waals surface area (Å²) in [6.07, 6.45) is -4.80. The van der Waals surface area contributed by atoms with Crippen LogP contribution in [0.3, 0.4) is 0 Å². The standard InChI is InChI=1S/C10H7ClF4O/c1-5(16)8(11)6-3-2-4-7(9(6)12)10(13,14)15/h2-4,8H,1H3. The summed E-state index contributed by atoms with van der Waals surface area (Å²) >= 11 is 5.51. The minimum absolute atomic E-state index is 0.455. The maximum Gasteiger partial charge on any atom is 0.419 e. The number of halogens is 5. The maximum atomic E-state index is 13.4. The molecule has 0 aliphatic carbocycles. The van der Waals surface area contributed by atoms with E-state index in [4.69, 9.17) is 11.6 Å². The van der Waals surface area contributed by atoms with Crippen molar-refractivity contribution in [2.45, 2.75) is 18.5 Å². The van der Waals surface area contributed by atoms with Crippen LogP contribution in [0.5, 0.6) is 0 Å². The van der Waals surface area contributed by atoms with Crippen LogP contribution in [0.1, 0.15) is 23.4 Å². The molecule has 0 bridgehead atoms. The lowest BCUT2D eigenvalue weighted by Gasteiger charge is -2.12. The number of ketones is 1. The molecule has 1 atom stereocenters. The summed E-state index contributed by atoms with van der Waals surface area (Å²) in [5.41, 5.74) is -1.87. The molecule has 1 aromatic carbocycles. The van der Waals surface area contributed by atoms with Crippen LogP contribution in [-0.4, -0.2) is 5.78 Å². The average Bonchev–Trinajstić information content (AvgIpc) is 2.15. The van der Waals surface area contributed by atoms with Gasteiger partial charge in [-0.25, -0.2) is 4.39 Å². The van der Waals surface area contributed by atoms with E-state index in [1.54, 1.807) is 0 Å². The summed E-state index contributed by atoms with van der Waals surface area (Å²) in [7, 11) is 0. The first-order chi connectivity index (χ1) is 7.25. The molecular weight excluding hydrogens is 248 g/mol. The third kappa shape index (κ3) is 2.52. The molecule has 0 saturated heterocycles. The molecule has 1 unspecified atom stereocenters. The highest BCUT2D eigenvalue weighted by atomic mass is 35.5. The zero-order valence-electron chi connectivity index (χ0n) is 8.11. The number of carbonyl (C=O) groups excluding carboxylic acids is 1. The van der Waals surface area contributed by atoms with Crippen molar-refractivity contribution in [3.8, 4) is 0 Å². The Morgan fingerprint density at radius 1 is 1.38 bits per heavy atom. The summed E-state index contributed by atoms with van der Waals surface area (Å²) in [5.74, 6) is -2.11. The lowest BCUT2D eigenvalue weighted by atomic mass is 10.0. The topological polar surface area (TPSA) is 17.1 Å². The third-order valence-electron chi connectivity index (χ3n) is 1.96. The minimum Gasteiger partial charge on any atom is -0.298 e. The zero-order chi connectivity index (χ0) is 12.5. The molecule has 0 fully saturated rings. The van der Waals surface area contributed by atoms with Crippen LogP contribution in [0.15, 0.2) is 18.2 Å². The summed E-state index contributed by atoms with van der Waals surface area (Å²) < 4.78 is 50.4. The van der Waals surface area contributed by atoms with Crippen LogP contribution in [0.2, 0.25) is 0 Å². The molecule has 0 spiro atoms. The third-order valence-corrected chi connectivity index (χ3v) is 2.51. The molecule has 0 radical (unpaired) electrons. The van der Waals surface area contributed by atoms with Gasteiger partial charge in [0.15, 0.2) is 5.78 Å². The van der Waals surface area contributed by atoms with Gasteiger partial charge in [0.25, 0.3) is 0 Å². The van der Waals surface area contributed by atoms with Crippen LogP contribution in [0.25, 0.3) is 0 Å². The monoisotopic (exact) mass is 254 g/mol. The number of benzene rings is 1. The first-order valence-corrected chi connectivity index (χ1v) is 4.69. The van der Waals surface area contributed by atoms with E-state index in [2.05, 4.69) is 0 Å². The Bertz CT molecular complexity index is 414. The van der Waals surface area contributed by atoms with Crippen molar-refractivity contribution in [2.75, 3.05) is 0 Å². The van der Waals surface area contributed by atoms with E-state index in [1.165, 1.54) is 0 Å². The highest BCUT2D eigenvalue weighted by Crippen LogP contribution is 2.35. The lowest BCUT2D eigenvalue weighted by molar-refractivity contribution is -0.140. The fourth-order valence-corrected chi connectivity index (χ4v) is 1.35. The molecule has 1 aromatic rings. The van der Waals surface area contributed by atoms with E-state index in [9.17, 15) is 22.4 Å². The average molecular weight is 255 g/mol. The fraction of sp³-hybridized carbons (Fsp3) is 0.300. The molecule has 0 heterocycles. The van der Waals surface area contributed by atoms with Crippen LogP contribution >= 0.6 is 11.6 Å². The van der Waals surface area contributed by atoms with Gasteiger partial charge in [0.1, 0.15) is 11.2 Å². The number of alkyl halides is 4. The van der Waals surface area contributed by atoms with Crippen LogP contribution in [0, 0.1) is 5.82 Å². The Hall–Kier alpha value is -1.10. The Balaban J connectivity index is 3.30. The van der Waals surface area contributed by atoms with E-state index in [0.717, 1.165) is 19.1 Å². The molecule has 0 N–H and O–H groups in total. The van der Waals surface area contributed by atoms with Gasteiger partial charge in [-0.1, -0.05) is 12.1 Å². The number of hydrogen-bond acceptors (Lipinski definition) is 1. The predicted molar refractivity (Wildman–Crippen MR) is 50.7 cm³/mol. The van der Waals surface area contributed by atoms with Gasteiger partial charge in [-0.05, 0) is 13.0 Å². The van der Waals surface area contributed by atoms with Crippen molar-refractivity contribution in [3.05, 3.63) is 35.1 Å². The van der Waals surface area contributed by atoms with E-state index in [1.807, 2.05) is 0 Å². The Labute approximate surface area is 94.0 Å². The molecule has 0 amide bonds. The number of rotatable bonds is 2. The summed E-state index contributed by atoms with van der Waals surface area (Å²) in [6, 6.07) is 2.67. The Kier molecular flexibility index (Phi) is 3.57. The quantitative estimate of drug-likeness (QED) is 0.581. The number of Topliss-reactive ketones (excluding diaryl/α,β-unsaturated/α-hetero) is 1. The largest absolute Gasteiger partial charge is 0.419 e. The van der Waals surface area contributed by atoms with Gasteiger partial charge in [0, 0.05) is 5.56 Å². The molecule has 0 saturated carbocycles. The molecule has 16 heavy (non-hydrogen) atoms.